The first-order chi connectivity index (χ1) is 13.5. The fraction of sp³-hybridized carbons (Fsp3) is 0.316. The van der Waals surface area contributed by atoms with Gasteiger partial charge in [-0.1, -0.05) is 6.07 Å². The molecule has 0 saturated heterocycles. The van der Waals surface area contributed by atoms with E-state index in [1.807, 2.05) is 18.2 Å². The molecule has 1 aromatic carbocycles. The Hall–Kier alpha value is -3.20. The van der Waals surface area contributed by atoms with Crippen LogP contribution in [0.4, 0.5) is 21.8 Å². The second-order valence-corrected chi connectivity index (χ2v) is 6.95. The first kappa shape index (κ1) is 18.2. The zero-order valence-corrected chi connectivity index (χ0v) is 15.1. The minimum Gasteiger partial charge on any atom is -0.393 e. The lowest BCUT2D eigenvalue weighted by molar-refractivity contribution is 0.0996. The van der Waals surface area contributed by atoms with Gasteiger partial charge in [-0.3, -0.25) is 4.79 Å². The van der Waals surface area contributed by atoms with Gasteiger partial charge < -0.3 is 21.5 Å². The van der Waals surface area contributed by atoms with Crippen molar-refractivity contribution in [2.75, 3.05) is 10.6 Å². The number of nitrogens with one attached hydrogen (secondary N) is 2. The van der Waals surface area contributed by atoms with Crippen molar-refractivity contribution in [3.63, 3.8) is 0 Å². The second-order valence-electron chi connectivity index (χ2n) is 6.95. The topological polar surface area (TPSA) is 118 Å². The number of aromatic nitrogens is 3. The number of anilines is 3. The van der Waals surface area contributed by atoms with Gasteiger partial charge in [0.2, 0.25) is 5.95 Å². The van der Waals surface area contributed by atoms with Crippen LogP contribution in [-0.2, 0) is 0 Å². The van der Waals surface area contributed by atoms with E-state index in [0.29, 0.717) is 17.3 Å². The van der Waals surface area contributed by atoms with Crippen molar-refractivity contribution in [1.82, 2.24) is 14.6 Å². The highest BCUT2D eigenvalue weighted by Gasteiger charge is 2.20. The molecule has 1 fully saturated rings. The van der Waals surface area contributed by atoms with Crippen LogP contribution in [0.25, 0.3) is 5.65 Å². The largest absolute Gasteiger partial charge is 0.393 e. The SMILES string of the molecule is NC(=O)c1ccc(Nc2nc3cccc(NC4CCC(O)CC4)n3n2)cc1F. The van der Waals surface area contributed by atoms with Crippen molar-refractivity contribution in [2.24, 2.45) is 5.73 Å². The number of pyridine rings is 1. The standard InChI is InChI=1S/C19H21FN6O2/c20-15-10-12(6-9-14(15)18(21)28)23-19-24-17-3-1-2-16(26(17)25-19)22-11-4-7-13(27)8-5-11/h1-3,6,9-11,13,22,27H,4-5,7-8H2,(H2,21,28)(H,23,25). The molecule has 2 heterocycles. The molecule has 1 aliphatic carbocycles. The van der Waals surface area contributed by atoms with Gasteiger partial charge in [0, 0.05) is 11.7 Å². The van der Waals surface area contributed by atoms with E-state index in [9.17, 15) is 14.3 Å². The van der Waals surface area contributed by atoms with Gasteiger partial charge >= 0.3 is 0 Å². The zero-order valence-electron chi connectivity index (χ0n) is 15.1. The Morgan fingerprint density at radius 3 is 2.71 bits per heavy atom. The van der Waals surface area contributed by atoms with Crippen LogP contribution < -0.4 is 16.4 Å². The normalized spacial score (nSPS) is 19.5. The van der Waals surface area contributed by atoms with Crippen LogP contribution in [0.2, 0.25) is 0 Å². The monoisotopic (exact) mass is 384 g/mol. The Morgan fingerprint density at radius 1 is 1.21 bits per heavy atom. The summed E-state index contributed by atoms with van der Waals surface area (Å²) in [5.74, 6) is -0.418. The zero-order chi connectivity index (χ0) is 19.7. The summed E-state index contributed by atoms with van der Waals surface area (Å²) in [5, 5.41) is 20.5. The van der Waals surface area contributed by atoms with Gasteiger partial charge in [-0.15, -0.1) is 5.10 Å². The molecule has 4 rings (SSSR count). The Kier molecular flexibility index (Phi) is 4.82. The summed E-state index contributed by atoms with van der Waals surface area (Å²) in [7, 11) is 0. The predicted molar refractivity (Wildman–Crippen MR) is 103 cm³/mol. The van der Waals surface area contributed by atoms with Gasteiger partial charge in [-0.05, 0) is 56.0 Å². The van der Waals surface area contributed by atoms with Gasteiger partial charge in [0.15, 0.2) is 5.65 Å². The van der Waals surface area contributed by atoms with E-state index >= 15 is 0 Å². The minimum atomic E-state index is -0.819. The maximum absolute atomic E-state index is 13.9. The van der Waals surface area contributed by atoms with Gasteiger partial charge in [0.1, 0.15) is 11.6 Å². The van der Waals surface area contributed by atoms with E-state index in [1.165, 1.54) is 12.1 Å². The minimum absolute atomic E-state index is 0.169. The van der Waals surface area contributed by atoms with Crippen LogP contribution in [0.1, 0.15) is 36.0 Å². The van der Waals surface area contributed by atoms with Crippen LogP contribution in [-0.4, -0.2) is 37.8 Å². The fourth-order valence-corrected chi connectivity index (χ4v) is 3.42. The first-order valence-corrected chi connectivity index (χ1v) is 9.16. The Balaban J connectivity index is 1.55. The van der Waals surface area contributed by atoms with Crippen molar-refractivity contribution in [3.05, 3.63) is 47.8 Å². The number of halogens is 1. The van der Waals surface area contributed by atoms with Crippen molar-refractivity contribution in [3.8, 4) is 0 Å². The lowest BCUT2D eigenvalue weighted by Gasteiger charge is -2.26. The molecule has 0 aliphatic heterocycles. The number of rotatable bonds is 5. The number of primary amides is 1. The number of nitrogens with two attached hydrogens (primary N) is 1. The maximum atomic E-state index is 13.9. The van der Waals surface area contributed by atoms with E-state index in [1.54, 1.807) is 10.6 Å². The van der Waals surface area contributed by atoms with Gasteiger partial charge in [-0.25, -0.2) is 4.39 Å². The number of hydrogen-bond donors (Lipinski definition) is 4. The van der Waals surface area contributed by atoms with Crippen molar-refractivity contribution in [2.45, 2.75) is 37.8 Å². The number of hydrogen-bond acceptors (Lipinski definition) is 6. The molecule has 1 aliphatic rings. The molecule has 0 atom stereocenters. The Labute approximate surface area is 160 Å². The van der Waals surface area contributed by atoms with Crippen LogP contribution in [0.15, 0.2) is 36.4 Å². The molecule has 28 heavy (non-hydrogen) atoms. The summed E-state index contributed by atoms with van der Waals surface area (Å²) in [6.45, 7) is 0. The van der Waals surface area contributed by atoms with Crippen LogP contribution in [0.5, 0.6) is 0 Å². The van der Waals surface area contributed by atoms with Crippen molar-refractivity contribution in [1.29, 1.82) is 0 Å². The summed E-state index contributed by atoms with van der Waals surface area (Å²) in [6.07, 6.45) is 3.14. The average molecular weight is 384 g/mol. The second kappa shape index (κ2) is 7.43. The van der Waals surface area contributed by atoms with Gasteiger partial charge in [0.05, 0.1) is 11.7 Å². The highest BCUT2D eigenvalue weighted by molar-refractivity contribution is 5.93. The fourth-order valence-electron chi connectivity index (χ4n) is 3.42. The number of aliphatic hydroxyl groups is 1. The number of benzene rings is 1. The number of aliphatic hydroxyl groups excluding tert-OH is 1. The Morgan fingerprint density at radius 2 is 2.00 bits per heavy atom. The highest BCUT2D eigenvalue weighted by atomic mass is 19.1. The number of nitrogens with zero attached hydrogens (tertiary/aromatic N) is 3. The Bertz CT molecular complexity index is 1010. The lowest BCUT2D eigenvalue weighted by Crippen LogP contribution is -2.29. The maximum Gasteiger partial charge on any atom is 0.251 e. The predicted octanol–water partition coefficient (Wildman–Crippen LogP) is 2.43. The number of carbonyl (C=O) groups excluding carboxylic acids is 1. The van der Waals surface area contributed by atoms with Crippen molar-refractivity contribution >= 4 is 29.0 Å². The summed E-state index contributed by atoms with van der Waals surface area (Å²) < 4.78 is 15.6. The first-order valence-electron chi connectivity index (χ1n) is 9.16. The highest BCUT2D eigenvalue weighted by Crippen LogP contribution is 2.23. The van der Waals surface area contributed by atoms with Crippen LogP contribution >= 0.6 is 0 Å². The van der Waals surface area contributed by atoms with E-state index in [4.69, 9.17) is 5.73 Å². The van der Waals surface area contributed by atoms with E-state index in [2.05, 4.69) is 20.7 Å². The van der Waals surface area contributed by atoms with Crippen LogP contribution in [0, 0.1) is 5.82 Å². The molecule has 146 valence electrons. The molecular formula is C19H21FN6O2. The number of carbonyl (C=O) groups is 1. The molecule has 9 heteroatoms. The summed E-state index contributed by atoms with van der Waals surface area (Å²) in [4.78, 5) is 15.5. The van der Waals surface area contributed by atoms with E-state index in [-0.39, 0.29) is 17.7 Å². The van der Waals surface area contributed by atoms with E-state index < -0.39 is 11.7 Å². The smallest absolute Gasteiger partial charge is 0.251 e. The molecule has 0 bridgehead atoms. The summed E-state index contributed by atoms with van der Waals surface area (Å²) in [6, 6.07) is 9.93. The summed E-state index contributed by atoms with van der Waals surface area (Å²) >= 11 is 0. The molecule has 1 saturated carbocycles. The molecule has 2 aromatic heterocycles. The molecule has 3 aromatic rings. The number of amides is 1. The van der Waals surface area contributed by atoms with E-state index in [0.717, 1.165) is 31.5 Å². The molecule has 5 N–H and O–H groups in total. The molecular weight excluding hydrogens is 363 g/mol. The van der Waals surface area contributed by atoms with Gasteiger partial charge in [0.25, 0.3) is 5.91 Å². The summed E-state index contributed by atoms with van der Waals surface area (Å²) in [5.41, 5.74) is 6.00. The molecule has 8 nitrogen and oxygen atoms in total. The average Bonchev–Trinajstić information content (AvgIpc) is 3.07. The lowest BCUT2D eigenvalue weighted by atomic mass is 9.93. The third-order valence-electron chi connectivity index (χ3n) is 4.90. The quantitative estimate of drug-likeness (QED) is 0.537. The van der Waals surface area contributed by atoms with Gasteiger partial charge in [-0.2, -0.15) is 9.50 Å². The molecule has 1 amide bonds. The third-order valence-corrected chi connectivity index (χ3v) is 4.90. The van der Waals surface area contributed by atoms with Crippen LogP contribution in [0.3, 0.4) is 0 Å². The van der Waals surface area contributed by atoms with Crippen molar-refractivity contribution < 1.29 is 14.3 Å². The molecule has 0 spiro atoms. The number of fused-ring (bicyclic) bond motifs is 1. The molecule has 0 radical (unpaired) electrons. The third kappa shape index (κ3) is 3.74. The molecule has 0 unspecified atom stereocenters.